The number of esters is 1. The third-order valence-electron chi connectivity index (χ3n) is 8.79. The van der Waals surface area contributed by atoms with Crippen molar-refractivity contribution in [1.29, 1.82) is 0 Å². The zero-order valence-electron chi connectivity index (χ0n) is 25.6. The lowest BCUT2D eigenvalue weighted by molar-refractivity contribution is -0.161. The predicted molar refractivity (Wildman–Crippen MR) is 157 cm³/mol. The van der Waals surface area contributed by atoms with Gasteiger partial charge in [-0.15, -0.1) is 0 Å². The lowest BCUT2D eigenvalue weighted by atomic mass is 9.78. The number of carbonyl (C=O) groups excluding carboxylic acids is 1. The minimum atomic E-state index is -4.97. The Kier molecular flexibility index (Phi) is 8.87. The Morgan fingerprint density at radius 3 is 1.96 bits per heavy atom. The SMILES string of the molecule is CC(OC1CCC2C(C(=O)OC(C)(C)C)CC1(c1ccccc1)N2Cc1ccccc1)c1cc(C(F)(F)F)cc(C(F)(F)F)c1. The van der Waals surface area contributed by atoms with Crippen molar-refractivity contribution in [3.63, 3.8) is 0 Å². The van der Waals surface area contributed by atoms with E-state index in [-0.39, 0.29) is 23.6 Å². The van der Waals surface area contributed by atoms with Crippen LogP contribution >= 0.6 is 0 Å². The van der Waals surface area contributed by atoms with E-state index in [1.807, 2.05) is 60.7 Å². The number of piperidine rings is 1. The first-order valence-electron chi connectivity index (χ1n) is 15.0. The molecule has 2 aliphatic rings. The first kappa shape index (κ1) is 33.0. The zero-order valence-corrected chi connectivity index (χ0v) is 25.6. The summed E-state index contributed by atoms with van der Waals surface area (Å²) >= 11 is 0. The first-order chi connectivity index (χ1) is 21.0. The van der Waals surface area contributed by atoms with Crippen LogP contribution in [-0.4, -0.2) is 28.6 Å². The van der Waals surface area contributed by atoms with Crippen molar-refractivity contribution >= 4 is 5.97 Å². The molecular weight excluding hydrogens is 596 g/mol. The van der Waals surface area contributed by atoms with Gasteiger partial charge in [0.1, 0.15) is 5.60 Å². The molecule has 2 fully saturated rings. The average Bonchev–Trinajstić information content (AvgIpc) is 3.18. The molecule has 5 unspecified atom stereocenters. The van der Waals surface area contributed by atoms with E-state index in [1.54, 1.807) is 20.8 Å². The van der Waals surface area contributed by atoms with Gasteiger partial charge in [-0.05, 0) is 81.8 Å². The monoisotopic (exact) mass is 633 g/mol. The molecule has 10 heteroatoms. The number of fused-ring (bicyclic) bond motifs is 2. The van der Waals surface area contributed by atoms with Crippen molar-refractivity contribution in [2.24, 2.45) is 5.92 Å². The molecule has 0 spiro atoms. The highest BCUT2D eigenvalue weighted by atomic mass is 19.4. The molecule has 4 nitrogen and oxygen atoms in total. The van der Waals surface area contributed by atoms with Gasteiger partial charge in [0.05, 0.1) is 34.8 Å². The Labute approximate surface area is 259 Å². The van der Waals surface area contributed by atoms with Crippen molar-refractivity contribution in [2.45, 2.75) is 95.2 Å². The van der Waals surface area contributed by atoms with E-state index >= 15 is 0 Å². The molecule has 0 radical (unpaired) electrons. The summed E-state index contributed by atoms with van der Waals surface area (Å²) in [5, 5.41) is 0. The van der Waals surface area contributed by atoms with Gasteiger partial charge in [0, 0.05) is 12.6 Å². The molecule has 2 aliphatic heterocycles. The summed E-state index contributed by atoms with van der Waals surface area (Å²) < 4.78 is 94.6. The molecule has 3 aromatic carbocycles. The molecule has 0 aromatic heterocycles. The highest BCUT2D eigenvalue weighted by Crippen LogP contribution is 2.56. The molecule has 2 bridgehead atoms. The Bertz CT molecular complexity index is 1450. The maximum Gasteiger partial charge on any atom is 0.416 e. The summed E-state index contributed by atoms with van der Waals surface area (Å²) in [6.45, 7) is 7.34. The molecule has 0 saturated carbocycles. The summed E-state index contributed by atoms with van der Waals surface area (Å²) in [6, 6.07) is 20.5. The van der Waals surface area contributed by atoms with E-state index in [1.165, 1.54) is 6.92 Å². The number of halogens is 6. The number of ether oxygens (including phenoxy) is 2. The van der Waals surface area contributed by atoms with Crippen LogP contribution in [0.3, 0.4) is 0 Å². The van der Waals surface area contributed by atoms with Crippen LogP contribution in [0.4, 0.5) is 26.3 Å². The van der Waals surface area contributed by atoms with Gasteiger partial charge in [0.15, 0.2) is 0 Å². The van der Waals surface area contributed by atoms with Gasteiger partial charge in [-0.2, -0.15) is 26.3 Å². The van der Waals surface area contributed by atoms with Gasteiger partial charge in [0.25, 0.3) is 0 Å². The minimum absolute atomic E-state index is 0.122. The van der Waals surface area contributed by atoms with E-state index in [0.29, 0.717) is 25.8 Å². The first-order valence-corrected chi connectivity index (χ1v) is 15.0. The maximum atomic E-state index is 13.7. The van der Waals surface area contributed by atoms with Gasteiger partial charge in [0.2, 0.25) is 0 Å². The van der Waals surface area contributed by atoms with Gasteiger partial charge >= 0.3 is 18.3 Å². The summed E-state index contributed by atoms with van der Waals surface area (Å²) in [6.07, 6.45) is -10.4. The maximum absolute atomic E-state index is 13.7. The van der Waals surface area contributed by atoms with E-state index < -0.39 is 52.7 Å². The molecular formula is C35H37F6NO3. The molecule has 5 atom stereocenters. The van der Waals surface area contributed by atoms with E-state index in [9.17, 15) is 31.1 Å². The average molecular weight is 634 g/mol. The quantitative estimate of drug-likeness (QED) is 0.192. The predicted octanol–water partition coefficient (Wildman–Crippen LogP) is 9.09. The van der Waals surface area contributed by atoms with E-state index in [0.717, 1.165) is 23.3 Å². The van der Waals surface area contributed by atoms with Crippen LogP contribution < -0.4 is 0 Å². The minimum Gasteiger partial charge on any atom is -0.460 e. The molecule has 2 saturated heterocycles. The normalized spacial score (nSPS) is 24.8. The Morgan fingerprint density at radius 1 is 0.867 bits per heavy atom. The molecule has 3 aromatic rings. The molecule has 5 rings (SSSR count). The topological polar surface area (TPSA) is 38.8 Å². The number of nitrogens with zero attached hydrogens (tertiary/aromatic N) is 1. The number of carbonyl (C=O) groups is 1. The largest absolute Gasteiger partial charge is 0.460 e. The zero-order chi connectivity index (χ0) is 32.8. The van der Waals surface area contributed by atoms with Crippen LogP contribution in [0.5, 0.6) is 0 Å². The number of hydrogen-bond acceptors (Lipinski definition) is 4. The van der Waals surface area contributed by atoms with Crippen LogP contribution in [0.25, 0.3) is 0 Å². The van der Waals surface area contributed by atoms with Gasteiger partial charge < -0.3 is 9.47 Å². The number of benzene rings is 3. The highest BCUT2D eigenvalue weighted by Gasteiger charge is 2.62. The molecule has 0 N–H and O–H groups in total. The third-order valence-corrected chi connectivity index (χ3v) is 8.79. The highest BCUT2D eigenvalue weighted by molar-refractivity contribution is 5.75. The summed E-state index contributed by atoms with van der Waals surface area (Å²) in [5.41, 5.74) is -2.78. The molecule has 242 valence electrons. The van der Waals surface area contributed by atoms with Crippen molar-refractivity contribution < 1.29 is 40.6 Å². The molecule has 45 heavy (non-hydrogen) atoms. The van der Waals surface area contributed by atoms with Crippen molar-refractivity contribution in [1.82, 2.24) is 4.90 Å². The number of alkyl halides is 6. The van der Waals surface area contributed by atoms with E-state index in [2.05, 4.69) is 4.90 Å². The van der Waals surface area contributed by atoms with Crippen LogP contribution in [-0.2, 0) is 38.7 Å². The van der Waals surface area contributed by atoms with Crippen LogP contribution in [0.2, 0.25) is 0 Å². The van der Waals surface area contributed by atoms with Gasteiger partial charge in [-0.3, -0.25) is 9.69 Å². The lowest BCUT2D eigenvalue weighted by Crippen LogP contribution is -2.56. The van der Waals surface area contributed by atoms with Crippen molar-refractivity contribution in [2.75, 3.05) is 0 Å². The van der Waals surface area contributed by atoms with E-state index in [4.69, 9.17) is 9.47 Å². The van der Waals surface area contributed by atoms with Crippen molar-refractivity contribution in [3.8, 4) is 0 Å². The van der Waals surface area contributed by atoms with Crippen LogP contribution in [0, 0.1) is 5.92 Å². The second-order valence-corrected chi connectivity index (χ2v) is 13.0. The molecule has 0 amide bonds. The molecule has 0 aliphatic carbocycles. The summed E-state index contributed by atoms with van der Waals surface area (Å²) in [4.78, 5) is 15.9. The fourth-order valence-electron chi connectivity index (χ4n) is 6.91. The van der Waals surface area contributed by atoms with Crippen molar-refractivity contribution in [3.05, 3.63) is 107 Å². The summed E-state index contributed by atoms with van der Waals surface area (Å²) in [5.74, 6) is -0.868. The second kappa shape index (κ2) is 12.1. The number of rotatable bonds is 7. The number of hydrogen-bond donors (Lipinski definition) is 0. The molecule has 2 heterocycles. The lowest BCUT2D eigenvalue weighted by Gasteiger charge is -2.50. The Hall–Kier alpha value is -3.37. The fourth-order valence-corrected chi connectivity index (χ4v) is 6.91. The summed E-state index contributed by atoms with van der Waals surface area (Å²) in [7, 11) is 0. The third kappa shape index (κ3) is 6.92. The van der Waals surface area contributed by atoms with Gasteiger partial charge in [-0.25, -0.2) is 0 Å². The van der Waals surface area contributed by atoms with Gasteiger partial charge in [-0.1, -0.05) is 60.7 Å². The fraction of sp³-hybridized carbons (Fsp3) is 0.457. The Balaban J connectivity index is 1.60. The van der Waals surface area contributed by atoms with Crippen LogP contribution in [0.15, 0.2) is 78.9 Å². The smallest absolute Gasteiger partial charge is 0.416 e. The second-order valence-electron chi connectivity index (χ2n) is 13.0. The Morgan fingerprint density at radius 2 is 1.42 bits per heavy atom. The standard InChI is InChI=1S/C35H37F6NO3/c1-22(24-17-26(34(36,37)38)19-27(18-24)35(39,40)41)44-30-16-15-29-28(31(43)45-32(2,3)4)20-33(30,25-13-9-6-10-14-25)42(29)21-23-11-7-5-8-12-23/h5-14,17-19,22,28-30H,15-16,20-21H2,1-4H3. The van der Waals surface area contributed by atoms with Crippen LogP contribution in [0.1, 0.15) is 80.9 Å².